The van der Waals surface area contributed by atoms with E-state index in [2.05, 4.69) is 17.4 Å². The van der Waals surface area contributed by atoms with Crippen molar-refractivity contribution in [2.24, 2.45) is 0 Å². The van der Waals surface area contributed by atoms with E-state index in [-0.39, 0.29) is 5.91 Å². The molecule has 17 heavy (non-hydrogen) atoms. The fraction of sp³-hybridized carbons (Fsp3) is 0.500. The van der Waals surface area contributed by atoms with E-state index in [1.54, 1.807) is 6.92 Å². The first-order chi connectivity index (χ1) is 8.15. The molecule has 0 aromatic heterocycles. The Morgan fingerprint density at radius 3 is 2.29 bits per heavy atom. The van der Waals surface area contributed by atoms with Gasteiger partial charge in [-0.05, 0) is 49.3 Å². The maximum atomic E-state index is 11.0. The van der Waals surface area contributed by atoms with Crippen LogP contribution in [0.4, 0.5) is 5.69 Å². The monoisotopic (exact) mass is 232 g/mol. The molecular formula is C14H20N2O. The predicted molar refractivity (Wildman–Crippen MR) is 69.7 cm³/mol. The van der Waals surface area contributed by atoms with Crippen molar-refractivity contribution in [3.63, 3.8) is 0 Å². The molecule has 1 saturated carbocycles. The summed E-state index contributed by atoms with van der Waals surface area (Å²) in [5.74, 6) is 0.710. The summed E-state index contributed by atoms with van der Waals surface area (Å²) >= 11 is 0. The summed E-state index contributed by atoms with van der Waals surface area (Å²) in [7, 11) is 0. The van der Waals surface area contributed by atoms with Gasteiger partial charge in [0.1, 0.15) is 0 Å². The van der Waals surface area contributed by atoms with Crippen molar-refractivity contribution in [3.05, 3.63) is 29.8 Å². The Bertz CT molecular complexity index is 378. The van der Waals surface area contributed by atoms with Gasteiger partial charge in [-0.1, -0.05) is 12.1 Å². The number of carbonyl (C=O) groups is 1. The molecule has 0 aliphatic heterocycles. The van der Waals surface area contributed by atoms with E-state index >= 15 is 0 Å². The van der Waals surface area contributed by atoms with Crippen LogP contribution in [0.1, 0.15) is 44.1 Å². The predicted octanol–water partition coefficient (Wildman–Crippen LogP) is 2.43. The van der Waals surface area contributed by atoms with Crippen LogP contribution < -0.4 is 11.1 Å². The summed E-state index contributed by atoms with van der Waals surface area (Å²) in [6, 6.07) is 8.56. The average Bonchev–Trinajstić information content (AvgIpc) is 2.30. The number of hydrogen-bond acceptors (Lipinski definition) is 2. The molecule has 1 aliphatic carbocycles. The van der Waals surface area contributed by atoms with Gasteiger partial charge in [0.2, 0.25) is 5.91 Å². The third-order valence-electron chi connectivity index (χ3n) is 3.54. The van der Waals surface area contributed by atoms with Crippen LogP contribution in [-0.4, -0.2) is 11.9 Å². The van der Waals surface area contributed by atoms with Gasteiger partial charge in [0.25, 0.3) is 0 Å². The largest absolute Gasteiger partial charge is 0.399 e. The first-order valence-corrected chi connectivity index (χ1v) is 6.27. The van der Waals surface area contributed by atoms with Crippen LogP contribution >= 0.6 is 0 Å². The smallest absolute Gasteiger partial charge is 0.217 e. The zero-order valence-electron chi connectivity index (χ0n) is 10.3. The van der Waals surface area contributed by atoms with Gasteiger partial charge in [-0.2, -0.15) is 0 Å². The molecule has 3 N–H and O–H groups in total. The molecule has 0 saturated heterocycles. The van der Waals surface area contributed by atoms with Crippen molar-refractivity contribution >= 4 is 11.6 Å². The first kappa shape index (κ1) is 12.0. The molecule has 0 atom stereocenters. The number of nitrogen functional groups attached to an aromatic ring is 1. The lowest BCUT2D eigenvalue weighted by Crippen LogP contribution is -2.35. The zero-order valence-corrected chi connectivity index (χ0v) is 10.3. The van der Waals surface area contributed by atoms with Gasteiger partial charge in [0.15, 0.2) is 0 Å². The van der Waals surface area contributed by atoms with E-state index in [1.807, 2.05) is 12.1 Å². The van der Waals surface area contributed by atoms with Crippen LogP contribution in [0, 0.1) is 0 Å². The van der Waals surface area contributed by atoms with E-state index in [1.165, 1.54) is 5.56 Å². The lowest BCUT2D eigenvalue weighted by Gasteiger charge is -2.29. The molecule has 0 heterocycles. The second kappa shape index (κ2) is 5.21. The summed E-state index contributed by atoms with van der Waals surface area (Å²) in [4.78, 5) is 11.0. The van der Waals surface area contributed by atoms with E-state index in [0.29, 0.717) is 12.0 Å². The maximum absolute atomic E-state index is 11.0. The molecule has 0 bridgehead atoms. The molecule has 3 nitrogen and oxygen atoms in total. The summed E-state index contributed by atoms with van der Waals surface area (Å²) in [5.41, 5.74) is 7.88. The van der Waals surface area contributed by atoms with Crippen LogP contribution in [0.15, 0.2) is 24.3 Å². The summed E-state index contributed by atoms with van der Waals surface area (Å²) in [6.07, 6.45) is 4.45. The van der Waals surface area contributed by atoms with E-state index in [0.717, 1.165) is 31.4 Å². The normalized spacial score (nSPS) is 24.3. The Morgan fingerprint density at radius 1 is 1.18 bits per heavy atom. The molecular weight excluding hydrogens is 212 g/mol. The molecule has 92 valence electrons. The van der Waals surface area contributed by atoms with Crippen LogP contribution in [-0.2, 0) is 4.79 Å². The Balaban J connectivity index is 1.90. The Labute approximate surface area is 102 Å². The fourth-order valence-electron chi connectivity index (χ4n) is 2.63. The minimum absolute atomic E-state index is 0.0842. The van der Waals surface area contributed by atoms with E-state index < -0.39 is 0 Å². The molecule has 3 heteroatoms. The highest BCUT2D eigenvalue weighted by atomic mass is 16.1. The minimum Gasteiger partial charge on any atom is -0.399 e. The van der Waals surface area contributed by atoms with Crippen LogP contribution in [0.2, 0.25) is 0 Å². The number of anilines is 1. The highest BCUT2D eigenvalue weighted by molar-refractivity contribution is 5.73. The number of rotatable bonds is 2. The van der Waals surface area contributed by atoms with Crippen LogP contribution in [0.5, 0.6) is 0 Å². The molecule has 0 unspecified atom stereocenters. The molecule has 1 fully saturated rings. The molecule has 2 rings (SSSR count). The van der Waals surface area contributed by atoms with Crippen molar-refractivity contribution in [2.45, 2.75) is 44.6 Å². The molecule has 1 amide bonds. The maximum Gasteiger partial charge on any atom is 0.217 e. The van der Waals surface area contributed by atoms with Gasteiger partial charge >= 0.3 is 0 Å². The summed E-state index contributed by atoms with van der Waals surface area (Å²) in [5, 5.41) is 3.00. The number of benzene rings is 1. The Kier molecular flexibility index (Phi) is 3.67. The molecule has 0 spiro atoms. The Morgan fingerprint density at radius 2 is 1.76 bits per heavy atom. The topological polar surface area (TPSA) is 55.1 Å². The standard InChI is InChI=1S/C14H20N2O/c1-10(17)16-14-8-4-12(5-9-14)11-2-6-13(15)7-3-11/h2-3,6-7,12,14H,4-5,8-9,15H2,1H3,(H,16,17). The second-order valence-electron chi connectivity index (χ2n) is 4.92. The van der Waals surface area contributed by atoms with Crippen molar-refractivity contribution in [3.8, 4) is 0 Å². The highest BCUT2D eigenvalue weighted by Crippen LogP contribution is 2.33. The quantitative estimate of drug-likeness (QED) is 0.769. The van der Waals surface area contributed by atoms with Gasteiger partial charge < -0.3 is 11.1 Å². The third kappa shape index (κ3) is 3.22. The summed E-state index contributed by atoms with van der Waals surface area (Å²) in [6.45, 7) is 1.59. The number of carbonyl (C=O) groups excluding carboxylic acids is 1. The Hall–Kier alpha value is -1.51. The molecule has 1 aromatic carbocycles. The van der Waals surface area contributed by atoms with Gasteiger partial charge in [0.05, 0.1) is 0 Å². The van der Waals surface area contributed by atoms with Crippen molar-refractivity contribution in [1.82, 2.24) is 5.32 Å². The third-order valence-corrected chi connectivity index (χ3v) is 3.54. The van der Waals surface area contributed by atoms with Gasteiger partial charge in [-0.25, -0.2) is 0 Å². The van der Waals surface area contributed by atoms with Gasteiger partial charge in [0, 0.05) is 18.7 Å². The number of amides is 1. The zero-order chi connectivity index (χ0) is 12.3. The van der Waals surface area contributed by atoms with Crippen molar-refractivity contribution in [2.75, 3.05) is 5.73 Å². The highest BCUT2D eigenvalue weighted by Gasteiger charge is 2.22. The number of nitrogens with two attached hydrogens (primary N) is 1. The molecule has 1 aliphatic rings. The second-order valence-corrected chi connectivity index (χ2v) is 4.92. The first-order valence-electron chi connectivity index (χ1n) is 6.27. The molecule has 0 radical (unpaired) electrons. The summed E-state index contributed by atoms with van der Waals surface area (Å²) < 4.78 is 0. The lowest BCUT2D eigenvalue weighted by molar-refractivity contribution is -0.119. The van der Waals surface area contributed by atoms with Crippen LogP contribution in [0.3, 0.4) is 0 Å². The van der Waals surface area contributed by atoms with Gasteiger partial charge in [-0.15, -0.1) is 0 Å². The van der Waals surface area contributed by atoms with Crippen LogP contribution in [0.25, 0.3) is 0 Å². The minimum atomic E-state index is 0.0842. The average molecular weight is 232 g/mol. The number of nitrogens with one attached hydrogen (secondary N) is 1. The lowest BCUT2D eigenvalue weighted by atomic mass is 9.82. The fourth-order valence-corrected chi connectivity index (χ4v) is 2.63. The van der Waals surface area contributed by atoms with Crippen molar-refractivity contribution in [1.29, 1.82) is 0 Å². The van der Waals surface area contributed by atoms with E-state index in [4.69, 9.17) is 5.73 Å². The SMILES string of the molecule is CC(=O)NC1CCC(c2ccc(N)cc2)CC1. The molecule has 1 aromatic rings. The van der Waals surface area contributed by atoms with E-state index in [9.17, 15) is 4.79 Å². The number of hydrogen-bond donors (Lipinski definition) is 2. The van der Waals surface area contributed by atoms with Crippen molar-refractivity contribution < 1.29 is 4.79 Å². The van der Waals surface area contributed by atoms with Gasteiger partial charge in [-0.3, -0.25) is 4.79 Å².